The van der Waals surface area contributed by atoms with Gasteiger partial charge in [0.2, 0.25) is 0 Å². The predicted octanol–water partition coefficient (Wildman–Crippen LogP) is 4.75. The number of furan rings is 1. The molecule has 0 aliphatic heterocycles. The Morgan fingerprint density at radius 1 is 1.16 bits per heavy atom. The van der Waals surface area contributed by atoms with Gasteiger partial charge in [-0.05, 0) is 56.5 Å². The summed E-state index contributed by atoms with van der Waals surface area (Å²) in [4.78, 5) is 0. The topological polar surface area (TPSA) is 39.2 Å². The molecule has 4 heteroatoms. The monoisotopic (exact) mass is 297 g/mol. The molecule has 2 rings (SSSR count). The van der Waals surface area contributed by atoms with E-state index >= 15 is 0 Å². The Balaban J connectivity index is 2.30. The molecule has 1 aromatic heterocycles. The minimum atomic E-state index is -0.145. The van der Waals surface area contributed by atoms with Gasteiger partial charge in [-0.15, -0.1) is 0 Å². The number of hydrogen-bond donors (Lipinski definition) is 1. The van der Waals surface area contributed by atoms with E-state index in [2.05, 4.69) is 0 Å². The Labute approximate surface area is 123 Å². The quantitative estimate of drug-likeness (QED) is 0.887. The van der Waals surface area contributed by atoms with Crippen molar-refractivity contribution in [2.75, 3.05) is 0 Å². The number of benzene rings is 1. The fourth-order valence-corrected chi connectivity index (χ4v) is 2.78. The van der Waals surface area contributed by atoms with Crippen molar-refractivity contribution in [1.29, 1.82) is 0 Å². The van der Waals surface area contributed by atoms with Crippen molar-refractivity contribution >= 4 is 23.2 Å². The lowest BCUT2D eigenvalue weighted by molar-refractivity contribution is 0.496. The molecule has 0 radical (unpaired) electrons. The van der Waals surface area contributed by atoms with Crippen LogP contribution in [0.4, 0.5) is 0 Å². The van der Waals surface area contributed by atoms with Crippen LogP contribution in [0, 0.1) is 20.8 Å². The van der Waals surface area contributed by atoms with E-state index in [4.69, 9.17) is 33.4 Å². The van der Waals surface area contributed by atoms with Crippen molar-refractivity contribution in [2.24, 2.45) is 5.73 Å². The highest BCUT2D eigenvalue weighted by Gasteiger charge is 2.19. The van der Waals surface area contributed by atoms with E-state index in [-0.39, 0.29) is 6.04 Å². The summed E-state index contributed by atoms with van der Waals surface area (Å²) in [5, 5.41) is 1.36. The molecule has 1 unspecified atom stereocenters. The standard InChI is InChI=1S/C15H17Cl2NO/c1-8-9(2)19-10(3)15(8)14(18)7-11-6-12(16)4-5-13(11)17/h4-6,14H,7,18H2,1-3H3. The number of nitrogens with two attached hydrogens (primary N) is 1. The van der Waals surface area contributed by atoms with E-state index in [9.17, 15) is 0 Å². The molecule has 0 spiro atoms. The number of halogens is 2. The summed E-state index contributed by atoms with van der Waals surface area (Å²) in [6.45, 7) is 5.92. The molecule has 0 fully saturated rings. The molecule has 1 heterocycles. The molecule has 0 saturated carbocycles. The Morgan fingerprint density at radius 3 is 2.42 bits per heavy atom. The molecule has 1 aromatic carbocycles. The van der Waals surface area contributed by atoms with Crippen LogP contribution in [0.3, 0.4) is 0 Å². The summed E-state index contributed by atoms with van der Waals surface area (Å²) in [6, 6.07) is 5.29. The van der Waals surface area contributed by atoms with Gasteiger partial charge in [0.15, 0.2) is 0 Å². The van der Waals surface area contributed by atoms with Crippen LogP contribution in [0.15, 0.2) is 22.6 Å². The third kappa shape index (κ3) is 2.97. The zero-order chi connectivity index (χ0) is 14.2. The molecule has 102 valence electrons. The molecule has 0 aliphatic rings. The fourth-order valence-electron chi connectivity index (χ4n) is 2.39. The summed E-state index contributed by atoms with van der Waals surface area (Å²) in [6.07, 6.45) is 0.639. The van der Waals surface area contributed by atoms with Crippen LogP contribution >= 0.6 is 23.2 Å². The predicted molar refractivity (Wildman–Crippen MR) is 80.0 cm³/mol. The summed E-state index contributed by atoms with van der Waals surface area (Å²) in [5.74, 6) is 1.79. The van der Waals surface area contributed by atoms with Crippen molar-refractivity contribution in [2.45, 2.75) is 33.2 Å². The van der Waals surface area contributed by atoms with E-state index in [1.54, 1.807) is 12.1 Å². The third-order valence-electron chi connectivity index (χ3n) is 3.44. The summed E-state index contributed by atoms with van der Waals surface area (Å²) >= 11 is 12.2. The maximum atomic E-state index is 6.30. The Morgan fingerprint density at radius 2 is 1.84 bits per heavy atom. The first kappa shape index (κ1) is 14.4. The average molecular weight is 298 g/mol. The van der Waals surface area contributed by atoms with E-state index < -0.39 is 0 Å². The van der Waals surface area contributed by atoms with Crippen LogP contribution in [0.5, 0.6) is 0 Å². The smallest absolute Gasteiger partial charge is 0.106 e. The fraction of sp³-hybridized carbons (Fsp3) is 0.333. The largest absolute Gasteiger partial charge is 0.466 e. The maximum Gasteiger partial charge on any atom is 0.106 e. The Kier molecular flexibility index (Phi) is 4.24. The highest BCUT2D eigenvalue weighted by molar-refractivity contribution is 6.33. The summed E-state index contributed by atoms with van der Waals surface area (Å²) in [7, 11) is 0. The lowest BCUT2D eigenvalue weighted by atomic mass is 9.96. The molecule has 19 heavy (non-hydrogen) atoms. The van der Waals surface area contributed by atoms with Gasteiger partial charge in [0, 0.05) is 21.7 Å². The van der Waals surface area contributed by atoms with Crippen molar-refractivity contribution in [1.82, 2.24) is 0 Å². The number of aryl methyl sites for hydroxylation is 2. The van der Waals surface area contributed by atoms with Crippen molar-refractivity contribution in [3.05, 3.63) is 56.5 Å². The van der Waals surface area contributed by atoms with Crippen molar-refractivity contribution in [3.8, 4) is 0 Å². The Bertz CT molecular complexity index is 604. The second-order valence-electron chi connectivity index (χ2n) is 4.80. The molecule has 2 aromatic rings. The van der Waals surface area contributed by atoms with Gasteiger partial charge in [-0.25, -0.2) is 0 Å². The molecular weight excluding hydrogens is 281 g/mol. The average Bonchev–Trinajstić information content (AvgIpc) is 2.58. The third-order valence-corrected chi connectivity index (χ3v) is 4.04. The number of rotatable bonds is 3. The van der Waals surface area contributed by atoms with Gasteiger partial charge in [-0.2, -0.15) is 0 Å². The van der Waals surface area contributed by atoms with Gasteiger partial charge < -0.3 is 10.2 Å². The van der Waals surface area contributed by atoms with Crippen LogP contribution in [0.25, 0.3) is 0 Å². The molecule has 2 nitrogen and oxygen atoms in total. The van der Waals surface area contributed by atoms with Crippen LogP contribution in [0.2, 0.25) is 10.0 Å². The second kappa shape index (κ2) is 5.58. The van der Waals surface area contributed by atoms with Crippen molar-refractivity contribution < 1.29 is 4.42 Å². The van der Waals surface area contributed by atoms with E-state index in [1.807, 2.05) is 26.8 Å². The van der Waals surface area contributed by atoms with Crippen LogP contribution in [-0.4, -0.2) is 0 Å². The summed E-state index contributed by atoms with van der Waals surface area (Å²) in [5.41, 5.74) is 9.43. The molecular formula is C15H17Cl2NO. The van der Waals surface area contributed by atoms with E-state index in [0.717, 1.165) is 28.2 Å². The van der Waals surface area contributed by atoms with Gasteiger partial charge in [0.05, 0.1) is 0 Å². The van der Waals surface area contributed by atoms with Gasteiger partial charge >= 0.3 is 0 Å². The molecule has 0 amide bonds. The Hall–Kier alpha value is -0.960. The molecule has 0 saturated heterocycles. The normalized spacial score (nSPS) is 12.7. The second-order valence-corrected chi connectivity index (χ2v) is 5.64. The summed E-state index contributed by atoms with van der Waals surface area (Å²) < 4.78 is 5.62. The van der Waals surface area contributed by atoms with Crippen molar-refractivity contribution in [3.63, 3.8) is 0 Å². The maximum absolute atomic E-state index is 6.30. The SMILES string of the molecule is Cc1oc(C)c(C(N)Cc2cc(Cl)ccc2Cl)c1C. The molecule has 1 atom stereocenters. The van der Waals surface area contributed by atoms with Gasteiger partial charge in [-0.1, -0.05) is 23.2 Å². The molecule has 0 bridgehead atoms. The minimum absolute atomic E-state index is 0.145. The van der Waals surface area contributed by atoms with Gasteiger partial charge in [0.1, 0.15) is 11.5 Å². The first-order valence-corrected chi connectivity index (χ1v) is 6.91. The van der Waals surface area contributed by atoms with Crippen LogP contribution < -0.4 is 5.73 Å². The van der Waals surface area contributed by atoms with Crippen LogP contribution in [0.1, 0.15) is 34.3 Å². The van der Waals surface area contributed by atoms with Crippen LogP contribution in [-0.2, 0) is 6.42 Å². The molecule has 0 aliphatic carbocycles. The van der Waals surface area contributed by atoms with Gasteiger partial charge in [0.25, 0.3) is 0 Å². The highest BCUT2D eigenvalue weighted by atomic mass is 35.5. The lowest BCUT2D eigenvalue weighted by Crippen LogP contribution is -2.15. The van der Waals surface area contributed by atoms with E-state index in [0.29, 0.717) is 16.5 Å². The molecule has 2 N–H and O–H groups in total. The minimum Gasteiger partial charge on any atom is -0.466 e. The van der Waals surface area contributed by atoms with E-state index in [1.165, 1.54) is 0 Å². The number of hydrogen-bond acceptors (Lipinski definition) is 2. The zero-order valence-corrected chi connectivity index (χ0v) is 12.8. The van der Waals surface area contributed by atoms with Gasteiger partial charge in [-0.3, -0.25) is 0 Å². The zero-order valence-electron chi connectivity index (χ0n) is 11.3. The highest BCUT2D eigenvalue weighted by Crippen LogP contribution is 2.30. The first-order chi connectivity index (χ1) is 8.90. The first-order valence-electron chi connectivity index (χ1n) is 6.16. The lowest BCUT2D eigenvalue weighted by Gasteiger charge is -2.14.